The van der Waals surface area contributed by atoms with Gasteiger partial charge in [-0.15, -0.1) is 6.58 Å². The van der Waals surface area contributed by atoms with E-state index in [0.29, 0.717) is 11.7 Å². The first-order valence-electron chi connectivity index (χ1n) is 2.99. The average molecular weight is 162 g/mol. The van der Waals surface area contributed by atoms with E-state index in [4.69, 9.17) is 12.2 Å². The van der Waals surface area contributed by atoms with Crippen molar-refractivity contribution in [1.29, 1.82) is 0 Å². The van der Waals surface area contributed by atoms with Gasteiger partial charge in [0.25, 0.3) is 0 Å². The van der Waals surface area contributed by atoms with Crippen LogP contribution in [0.4, 0.5) is 4.39 Å². The number of hydrogen-bond donors (Lipinski definition) is 2. The Hall–Kier alpha value is -0.640. The first kappa shape index (κ1) is 9.36. The van der Waals surface area contributed by atoms with Crippen molar-refractivity contribution in [1.82, 2.24) is 10.6 Å². The van der Waals surface area contributed by atoms with E-state index in [2.05, 4.69) is 17.2 Å². The van der Waals surface area contributed by atoms with Crippen LogP contribution in [0.25, 0.3) is 0 Å². The molecule has 0 saturated heterocycles. The van der Waals surface area contributed by atoms with Crippen LogP contribution in [-0.2, 0) is 0 Å². The van der Waals surface area contributed by atoms with E-state index in [9.17, 15) is 4.39 Å². The second kappa shape index (κ2) is 6.48. The van der Waals surface area contributed by atoms with Crippen LogP contribution in [0, 0.1) is 0 Å². The van der Waals surface area contributed by atoms with Crippen molar-refractivity contribution < 1.29 is 4.39 Å². The van der Waals surface area contributed by atoms with Crippen LogP contribution >= 0.6 is 12.2 Å². The van der Waals surface area contributed by atoms with Crippen LogP contribution in [0.5, 0.6) is 0 Å². The van der Waals surface area contributed by atoms with Gasteiger partial charge in [0.1, 0.15) is 6.67 Å². The molecule has 2 N–H and O–H groups in total. The first-order valence-corrected chi connectivity index (χ1v) is 3.40. The highest BCUT2D eigenvalue weighted by atomic mass is 32.1. The van der Waals surface area contributed by atoms with Gasteiger partial charge in [0.15, 0.2) is 5.11 Å². The van der Waals surface area contributed by atoms with Gasteiger partial charge in [0, 0.05) is 13.1 Å². The highest BCUT2D eigenvalue weighted by Crippen LogP contribution is 1.68. The molecule has 0 aliphatic heterocycles. The fraction of sp³-hybridized carbons (Fsp3) is 0.500. The molecule has 0 aromatic heterocycles. The summed E-state index contributed by atoms with van der Waals surface area (Å²) in [6, 6.07) is 0. The van der Waals surface area contributed by atoms with E-state index >= 15 is 0 Å². The molecule has 0 aliphatic rings. The average Bonchev–Trinajstić information content (AvgIpc) is 1.97. The second-order valence-electron chi connectivity index (χ2n) is 1.61. The summed E-state index contributed by atoms with van der Waals surface area (Å²) in [5.41, 5.74) is 0. The zero-order valence-corrected chi connectivity index (χ0v) is 6.51. The summed E-state index contributed by atoms with van der Waals surface area (Å²) in [4.78, 5) is 0. The van der Waals surface area contributed by atoms with Gasteiger partial charge in [-0.2, -0.15) is 0 Å². The zero-order chi connectivity index (χ0) is 7.82. The maximum absolute atomic E-state index is 11.5. The lowest BCUT2D eigenvalue weighted by atomic mass is 10.6. The van der Waals surface area contributed by atoms with Gasteiger partial charge in [-0.25, -0.2) is 4.39 Å². The Bertz CT molecular complexity index is 116. The highest BCUT2D eigenvalue weighted by Gasteiger charge is 1.89. The van der Waals surface area contributed by atoms with E-state index < -0.39 is 6.67 Å². The van der Waals surface area contributed by atoms with Crippen molar-refractivity contribution >= 4 is 17.3 Å². The number of hydrogen-bond acceptors (Lipinski definition) is 1. The van der Waals surface area contributed by atoms with Crippen molar-refractivity contribution in [3.8, 4) is 0 Å². The summed E-state index contributed by atoms with van der Waals surface area (Å²) in [6.45, 7) is 3.96. The number of nitrogens with one attached hydrogen (secondary N) is 2. The molecule has 0 aliphatic carbocycles. The van der Waals surface area contributed by atoms with Gasteiger partial charge in [-0.05, 0) is 12.2 Å². The summed E-state index contributed by atoms with van der Waals surface area (Å²) < 4.78 is 11.5. The summed E-state index contributed by atoms with van der Waals surface area (Å²) in [7, 11) is 0. The van der Waals surface area contributed by atoms with Crippen LogP contribution in [0.15, 0.2) is 12.7 Å². The van der Waals surface area contributed by atoms with E-state index in [0.717, 1.165) is 0 Å². The van der Waals surface area contributed by atoms with Crippen molar-refractivity contribution in [3.05, 3.63) is 12.7 Å². The zero-order valence-electron chi connectivity index (χ0n) is 5.69. The Labute approximate surface area is 65.5 Å². The van der Waals surface area contributed by atoms with E-state index in [1.165, 1.54) is 0 Å². The molecule has 4 heteroatoms. The van der Waals surface area contributed by atoms with Gasteiger partial charge >= 0.3 is 0 Å². The molecule has 10 heavy (non-hydrogen) atoms. The Kier molecular flexibility index (Phi) is 6.06. The molecule has 0 atom stereocenters. The quantitative estimate of drug-likeness (QED) is 0.468. The van der Waals surface area contributed by atoms with E-state index in [1.54, 1.807) is 6.08 Å². The second-order valence-corrected chi connectivity index (χ2v) is 2.02. The molecule has 0 fully saturated rings. The third-order valence-corrected chi connectivity index (χ3v) is 1.08. The van der Waals surface area contributed by atoms with Gasteiger partial charge in [-0.1, -0.05) is 6.08 Å². The maximum atomic E-state index is 11.5. The lowest BCUT2D eigenvalue weighted by molar-refractivity contribution is 0.490. The Balaban J connectivity index is 3.16. The van der Waals surface area contributed by atoms with Crippen LogP contribution in [0.2, 0.25) is 0 Å². The molecule has 0 amide bonds. The van der Waals surface area contributed by atoms with Crippen LogP contribution in [0.3, 0.4) is 0 Å². The number of alkyl halides is 1. The largest absolute Gasteiger partial charge is 0.360 e. The Morgan fingerprint density at radius 1 is 1.60 bits per heavy atom. The minimum Gasteiger partial charge on any atom is -0.360 e. The van der Waals surface area contributed by atoms with Gasteiger partial charge in [0.05, 0.1) is 0 Å². The molecule has 0 spiro atoms. The number of halogens is 1. The maximum Gasteiger partial charge on any atom is 0.166 e. The topological polar surface area (TPSA) is 24.1 Å². The van der Waals surface area contributed by atoms with Crippen molar-refractivity contribution in [2.45, 2.75) is 0 Å². The highest BCUT2D eigenvalue weighted by molar-refractivity contribution is 7.80. The van der Waals surface area contributed by atoms with Gasteiger partial charge < -0.3 is 10.6 Å². The first-order chi connectivity index (χ1) is 4.81. The smallest absolute Gasteiger partial charge is 0.166 e. The fourth-order valence-electron chi connectivity index (χ4n) is 0.388. The molecule has 2 nitrogen and oxygen atoms in total. The molecule has 0 rings (SSSR count). The predicted molar refractivity (Wildman–Crippen MR) is 44.8 cm³/mol. The molecule has 58 valence electrons. The van der Waals surface area contributed by atoms with E-state index in [1.807, 2.05) is 0 Å². The molecule has 0 saturated carbocycles. The van der Waals surface area contributed by atoms with E-state index in [-0.39, 0.29) is 6.54 Å². The molecular weight excluding hydrogens is 151 g/mol. The molecular formula is C6H11FN2S. The predicted octanol–water partition coefficient (Wildman–Crippen LogP) is 0.606. The molecule has 0 aromatic rings. The third-order valence-electron chi connectivity index (χ3n) is 0.787. The fourth-order valence-corrected chi connectivity index (χ4v) is 0.574. The van der Waals surface area contributed by atoms with Crippen LogP contribution < -0.4 is 10.6 Å². The van der Waals surface area contributed by atoms with Gasteiger partial charge in [0.2, 0.25) is 0 Å². The third kappa shape index (κ3) is 5.50. The minimum atomic E-state index is -0.407. The number of rotatable bonds is 4. The summed E-state index contributed by atoms with van der Waals surface area (Å²) in [6.07, 6.45) is 1.68. The summed E-state index contributed by atoms with van der Waals surface area (Å²) >= 11 is 4.75. The Morgan fingerprint density at radius 2 is 2.30 bits per heavy atom. The molecule has 0 unspecified atom stereocenters. The molecule has 0 radical (unpaired) electrons. The van der Waals surface area contributed by atoms with Crippen LogP contribution in [0.1, 0.15) is 0 Å². The summed E-state index contributed by atoms with van der Waals surface area (Å²) in [5.74, 6) is 0. The molecule has 0 bridgehead atoms. The standard InChI is InChI=1S/C6H11FN2S/c1-2-4-8-6(10)9-5-3-7/h2H,1,3-5H2,(H2,8,9,10). The molecule has 0 heterocycles. The molecule has 0 aromatic carbocycles. The van der Waals surface area contributed by atoms with Crippen molar-refractivity contribution in [3.63, 3.8) is 0 Å². The van der Waals surface area contributed by atoms with Gasteiger partial charge in [-0.3, -0.25) is 0 Å². The summed E-state index contributed by atoms with van der Waals surface area (Å²) in [5, 5.41) is 5.94. The normalized spacial score (nSPS) is 8.50. The Morgan fingerprint density at radius 3 is 2.80 bits per heavy atom. The van der Waals surface area contributed by atoms with Crippen molar-refractivity contribution in [2.75, 3.05) is 19.8 Å². The number of thiocarbonyl (C=S) groups is 1. The van der Waals surface area contributed by atoms with Crippen molar-refractivity contribution in [2.24, 2.45) is 0 Å². The monoisotopic (exact) mass is 162 g/mol. The minimum absolute atomic E-state index is 0.267. The SMILES string of the molecule is C=CCNC(=S)NCCF. The lowest BCUT2D eigenvalue weighted by Gasteiger charge is -2.05. The van der Waals surface area contributed by atoms with Crippen LogP contribution in [-0.4, -0.2) is 24.9 Å². The lowest BCUT2D eigenvalue weighted by Crippen LogP contribution is -2.36.